The Labute approximate surface area is 165 Å². The summed E-state index contributed by atoms with van der Waals surface area (Å²) in [5, 5.41) is 9.88. The smallest absolute Gasteiger partial charge is 0.223 e. The number of amides is 1. The SMILES string of the molecule is NSOOc1ccc(-n2nc(CC(N)=O)c3c2-c2cc(N)ccc2CC3)cc1. The molecular weight excluding hydrogens is 378 g/mol. The van der Waals surface area contributed by atoms with Gasteiger partial charge in [0, 0.05) is 16.8 Å². The molecule has 144 valence electrons. The van der Waals surface area contributed by atoms with Crippen LogP contribution in [0.1, 0.15) is 16.8 Å². The zero-order chi connectivity index (χ0) is 19.7. The van der Waals surface area contributed by atoms with Crippen LogP contribution in [0.25, 0.3) is 16.9 Å². The van der Waals surface area contributed by atoms with Crippen molar-refractivity contribution in [1.82, 2.24) is 9.78 Å². The summed E-state index contributed by atoms with van der Waals surface area (Å²) >= 11 is 0.623. The van der Waals surface area contributed by atoms with Crippen molar-refractivity contribution in [2.45, 2.75) is 19.3 Å². The first-order chi connectivity index (χ1) is 13.6. The van der Waals surface area contributed by atoms with E-state index in [2.05, 4.69) is 4.33 Å². The fourth-order valence-corrected chi connectivity index (χ4v) is 3.64. The number of aryl methyl sites for hydroxylation is 1. The summed E-state index contributed by atoms with van der Waals surface area (Å²) in [6, 6.07) is 13.1. The van der Waals surface area contributed by atoms with Gasteiger partial charge in [0.25, 0.3) is 0 Å². The van der Waals surface area contributed by atoms with Crippen molar-refractivity contribution in [3.63, 3.8) is 0 Å². The topological polar surface area (TPSA) is 131 Å². The highest BCUT2D eigenvalue weighted by atomic mass is 32.2. The number of carbonyl (C=O) groups is 1. The Morgan fingerprint density at radius 3 is 2.68 bits per heavy atom. The van der Waals surface area contributed by atoms with Gasteiger partial charge in [-0.3, -0.25) is 9.93 Å². The van der Waals surface area contributed by atoms with E-state index >= 15 is 0 Å². The molecule has 2 aromatic carbocycles. The summed E-state index contributed by atoms with van der Waals surface area (Å²) < 4.78 is 6.50. The Kier molecular flexibility index (Phi) is 4.95. The zero-order valence-corrected chi connectivity index (χ0v) is 15.7. The Hall–Kier alpha value is -3.01. The van der Waals surface area contributed by atoms with Crippen LogP contribution in [0.3, 0.4) is 0 Å². The standard InChI is InChI=1S/C19H19N5O3S/c20-12-3-1-11-2-8-15-17(10-18(21)25)23-24(19(15)16(11)9-12)13-4-6-14(7-5-13)26-27-28-22/h1,3-7,9H,2,8,10,20,22H2,(H2,21,25). The Balaban J connectivity index is 1.84. The molecule has 8 nitrogen and oxygen atoms in total. The summed E-state index contributed by atoms with van der Waals surface area (Å²) in [5.74, 6) is 0.0933. The highest BCUT2D eigenvalue weighted by molar-refractivity contribution is 7.92. The Bertz CT molecular complexity index is 1030. The van der Waals surface area contributed by atoms with Crippen LogP contribution in [-0.4, -0.2) is 15.7 Å². The van der Waals surface area contributed by atoms with Gasteiger partial charge in [-0.1, -0.05) is 10.4 Å². The van der Waals surface area contributed by atoms with E-state index in [0.29, 0.717) is 29.4 Å². The van der Waals surface area contributed by atoms with E-state index < -0.39 is 5.91 Å². The van der Waals surface area contributed by atoms with Crippen LogP contribution in [0.5, 0.6) is 5.75 Å². The van der Waals surface area contributed by atoms with E-state index in [4.69, 9.17) is 26.6 Å². The number of benzene rings is 2. The first-order valence-electron chi connectivity index (χ1n) is 8.65. The van der Waals surface area contributed by atoms with Gasteiger partial charge in [-0.25, -0.2) is 4.68 Å². The van der Waals surface area contributed by atoms with Crippen molar-refractivity contribution in [3.05, 3.63) is 59.3 Å². The quantitative estimate of drug-likeness (QED) is 0.191. The molecule has 0 aliphatic heterocycles. The minimum atomic E-state index is -0.411. The number of carbonyl (C=O) groups excluding carboxylic acids is 1. The molecule has 3 aromatic rings. The number of aromatic nitrogens is 2. The van der Waals surface area contributed by atoms with Crippen molar-refractivity contribution < 1.29 is 14.0 Å². The van der Waals surface area contributed by atoms with Gasteiger partial charge in [0.15, 0.2) is 5.75 Å². The maximum atomic E-state index is 11.6. The first kappa shape index (κ1) is 18.4. The van der Waals surface area contributed by atoms with Crippen LogP contribution >= 0.6 is 12.2 Å². The Morgan fingerprint density at radius 2 is 1.96 bits per heavy atom. The molecule has 6 N–H and O–H groups in total. The number of primary amides is 1. The highest BCUT2D eigenvalue weighted by Gasteiger charge is 2.26. The second-order valence-electron chi connectivity index (χ2n) is 6.49. The molecule has 1 aromatic heterocycles. The molecule has 9 heteroatoms. The zero-order valence-electron chi connectivity index (χ0n) is 14.9. The Morgan fingerprint density at radius 1 is 1.18 bits per heavy atom. The van der Waals surface area contributed by atoms with Crippen LogP contribution < -0.4 is 21.5 Å². The van der Waals surface area contributed by atoms with E-state index in [9.17, 15) is 4.79 Å². The molecule has 1 heterocycles. The molecule has 28 heavy (non-hydrogen) atoms. The summed E-state index contributed by atoms with van der Waals surface area (Å²) in [4.78, 5) is 16.6. The van der Waals surface area contributed by atoms with Crippen LogP contribution in [0.4, 0.5) is 5.69 Å². The van der Waals surface area contributed by atoms with Gasteiger partial charge < -0.3 is 16.4 Å². The fraction of sp³-hybridized carbons (Fsp3) is 0.158. The van der Waals surface area contributed by atoms with E-state index in [1.54, 1.807) is 12.1 Å². The number of hydrogen-bond donors (Lipinski definition) is 3. The van der Waals surface area contributed by atoms with Gasteiger partial charge in [-0.05, 0) is 54.8 Å². The molecule has 0 saturated carbocycles. The average Bonchev–Trinajstić information content (AvgIpc) is 3.05. The number of hydrogen-bond acceptors (Lipinski definition) is 7. The lowest BCUT2D eigenvalue weighted by Crippen LogP contribution is -2.15. The third kappa shape index (κ3) is 3.42. The highest BCUT2D eigenvalue weighted by Crippen LogP contribution is 2.38. The number of nitrogens with two attached hydrogens (primary N) is 3. The lowest BCUT2D eigenvalue weighted by molar-refractivity contribution is -0.117. The minimum absolute atomic E-state index is 0.0930. The van der Waals surface area contributed by atoms with E-state index in [1.165, 1.54) is 5.56 Å². The average molecular weight is 397 g/mol. The van der Waals surface area contributed by atoms with Crippen LogP contribution in [0.2, 0.25) is 0 Å². The van der Waals surface area contributed by atoms with Crippen molar-refractivity contribution in [3.8, 4) is 22.7 Å². The molecule has 1 amide bonds. The van der Waals surface area contributed by atoms with E-state index in [-0.39, 0.29) is 6.42 Å². The molecule has 4 rings (SSSR count). The summed E-state index contributed by atoms with van der Waals surface area (Å²) in [7, 11) is 0. The molecule has 1 aliphatic rings. The van der Waals surface area contributed by atoms with Gasteiger partial charge in [0.1, 0.15) is 12.2 Å². The molecule has 0 bridgehead atoms. The molecule has 0 spiro atoms. The molecule has 0 fully saturated rings. The van der Waals surface area contributed by atoms with Crippen LogP contribution in [0.15, 0.2) is 42.5 Å². The number of nitrogen functional groups attached to an aromatic ring is 1. The lowest BCUT2D eigenvalue weighted by atomic mass is 9.88. The van der Waals surface area contributed by atoms with Crippen LogP contribution in [-0.2, 0) is 28.4 Å². The van der Waals surface area contributed by atoms with Gasteiger partial charge >= 0.3 is 0 Å². The molecule has 0 atom stereocenters. The summed E-state index contributed by atoms with van der Waals surface area (Å²) in [6.07, 6.45) is 1.74. The molecule has 1 aliphatic carbocycles. The van der Waals surface area contributed by atoms with Crippen molar-refractivity contribution in [2.24, 2.45) is 10.9 Å². The predicted octanol–water partition coefficient (Wildman–Crippen LogP) is 2.08. The molecular formula is C19H19N5O3S. The van der Waals surface area contributed by atoms with E-state index in [1.807, 2.05) is 35.0 Å². The van der Waals surface area contributed by atoms with Gasteiger partial charge in [0.05, 0.1) is 23.5 Å². The predicted molar refractivity (Wildman–Crippen MR) is 107 cm³/mol. The summed E-state index contributed by atoms with van der Waals surface area (Å²) in [6.45, 7) is 0. The monoisotopic (exact) mass is 397 g/mol. The lowest BCUT2D eigenvalue weighted by Gasteiger charge is -2.19. The van der Waals surface area contributed by atoms with Crippen molar-refractivity contribution >= 4 is 23.8 Å². The summed E-state index contributed by atoms with van der Waals surface area (Å²) in [5.41, 5.74) is 17.8. The van der Waals surface area contributed by atoms with Crippen molar-refractivity contribution in [2.75, 3.05) is 5.73 Å². The second-order valence-corrected chi connectivity index (χ2v) is 6.82. The molecule has 0 saturated heterocycles. The van der Waals surface area contributed by atoms with Crippen molar-refractivity contribution in [1.29, 1.82) is 0 Å². The maximum absolute atomic E-state index is 11.6. The van der Waals surface area contributed by atoms with Crippen LogP contribution in [0, 0.1) is 0 Å². The van der Waals surface area contributed by atoms with Gasteiger partial charge in [-0.15, -0.1) is 0 Å². The fourth-order valence-electron chi connectivity index (χ4n) is 3.52. The third-order valence-corrected chi connectivity index (χ3v) is 4.84. The van der Waals surface area contributed by atoms with Gasteiger partial charge in [-0.2, -0.15) is 5.10 Å². The van der Waals surface area contributed by atoms with E-state index in [0.717, 1.165) is 35.3 Å². The first-order valence-corrected chi connectivity index (χ1v) is 9.45. The number of rotatable bonds is 6. The van der Waals surface area contributed by atoms with Gasteiger partial charge in [0.2, 0.25) is 5.91 Å². The second kappa shape index (κ2) is 7.55. The number of anilines is 1. The largest absolute Gasteiger partial charge is 0.399 e. The number of nitrogens with zero attached hydrogens (tertiary/aromatic N) is 2. The minimum Gasteiger partial charge on any atom is -0.399 e. The number of fused-ring (bicyclic) bond motifs is 3. The third-order valence-electron chi connectivity index (χ3n) is 4.69. The maximum Gasteiger partial charge on any atom is 0.223 e. The molecule has 0 unspecified atom stereocenters. The normalized spacial score (nSPS) is 12.3. The molecule has 0 radical (unpaired) electrons.